The summed E-state index contributed by atoms with van der Waals surface area (Å²) in [5.74, 6) is 2.85. The van der Waals surface area contributed by atoms with Gasteiger partial charge < -0.3 is 5.11 Å². The van der Waals surface area contributed by atoms with Gasteiger partial charge >= 0.3 is 0 Å². The van der Waals surface area contributed by atoms with Crippen LogP contribution in [0.3, 0.4) is 0 Å². The summed E-state index contributed by atoms with van der Waals surface area (Å²) >= 11 is 0. The summed E-state index contributed by atoms with van der Waals surface area (Å²) in [5.41, 5.74) is 8.24. The van der Waals surface area contributed by atoms with Crippen molar-refractivity contribution in [2.75, 3.05) is 0 Å². The van der Waals surface area contributed by atoms with Gasteiger partial charge in [0.15, 0.2) is 0 Å². The van der Waals surface area contributed by atoms with Crippen LogP contribution in [0.5, 0.6) is 0 Å². The summed E-state index contributed by atoms with van der Waals surface area (Å²) in [6.07, 6.45) is 0. The number of aliphatic hydroxyl groups is 1. The van der Waals surface area contributed by atoms with E-state index in [1.807, 2.05) is 0 Å². The summed E-state index contributed by atoms with van der Waals surface area (Å²) < 4.78 is 0. The molecule has 2 aromatic rings. The average molecular weight is 501 g/mol. The largest absolute Gasteiger partial charge is 0.384 e. The maximum absolute atomic E-state index is 11.6. The number of benzene rings is 2. The molecular weight excluding hydrogens is 450 g/mol. The Morgan fingerprint density at radius 3 is 0.853 bits per heavy atom. The summed E-state index contributed by atoms with van der Waals surface area (Å²) in [6.45, 7) is 27.5. The van der Waals surface area contributed by atoms with Crippen LogP contribution in [0, 0.1) is 0 Å². The Balaban J connectivity index is 2.55. The quantitative estimate of drug-likeness (QED) is 0.323. The molecule has 1 nitrogen and oxygen atoms in total. The van der Waals surface area contributed by atoms with Gasteiger partial charge in [0, 0.05) is 0 Å². The Labute approximate surface area is 214 Å². The zero-order valence-corrected chi connectivity index (χ0v) is 25.8. The molecule has 0 radical (unpaired) electrons. The first-order valence-corrected chi connectivity index (χ1v) is 15.5. The Hall–Kier alpha value is -0.740. The first-order chi connectivity index (χ1) is 15.7. The van der Waals surface area contributed by atoms with Gasteiger partial charge in [0.25, 0.3) is 0 Å². The van der Waals surface area contributed by atoms with Gasteiger partial charge in [-0.25, -0.2) is 0 Å². The molecule has 3 heteroatoms. The Morgan fingerprint density at radius 1 is 0.441 bits per heavy atom. The Kier molecular flexibility index (Phi) is 10.8. The fourth-order valence-electron chi connectivity index (χ4n) is 4.55. The molecule has 2 unspecified atom stereocenters. The first-order valence-electron chi connectivity index (χ1n) is 13.3. The maximum atomic E-state index is 11.6. The molecule has 190 valence electrons. The van der Waals surface area contributed by atoms with Crippen LogP contribution in [0.25, 0.3) is 0 Å². The van der Waals surface area contributed by atoms with E-state index in [9.17, 15) is 5.11 Å². The van der Waals surface area contributed by atoms with E-state index in [4.69, 9.17) is 0 Å². The minimum atomic E-state index is -0.334. The van der Waals surface area contributed by atoms with Gasteiger partial charge in [0.05, 0.1) is 5.59 Å². The molecule has 2 atom stereocenters. The lowest BCUT2D eigenvalue weighted by molar-refractivity contribution is 0.341. The Morgan fingerprint density at radius 2 is 0.676 bits per heavy atom. The normalized spacial score (nSPS) is 14.1. The molecule has 0 aromatic heterocycles. The van der Waals surface area contributed by atoms with Crippen LogP contribution in [-0.4, -0.2) is 10.7 Å². The third-order valence-corrected chi connectivity index (χ3v) is 9.97. The zero-order chi connectivity index (χ0) is 25.9. The molecule has 0 bridgehead atoms. The van der Waals surface area contributed by atoms with Gasteiger partial charge in [0.2, 0.25) is 0 Å². The van der Waals surface area contributed by atoms with Gasteiger partial charge in [-0.05, 0) is 79.5 Å². The molecule has 1 N–H and O–H groups in total. The SMILES string of the molecule is CC(C)c1cc(C(C)C)c(PC(O)Pc2c(C(C)C)cc(C(C)C)cc2C(C)C)c(C(C)C)c1. The number of hydrogen-bond donors (Lipinski definition) is 1. The number of rotatable bonds is 10. The molecule has 0 aliphatic heterocycles. The van der Waals surface area contributed by atoms with Crippen molar-refractivity contribution in [1.82, 2.24) is 0 Å². The van der Waals surface area contributed by atoms with Crippen molar-refractivity contribution in [2.24, 2.45) is 0 Å². The monoisotopic (exact) mass is 500 g/mol. The van der Waals surface area contributed by atoms with E-state index < -0.39 is 0 Å². The molecule has 0 heterocycles. The van der Waals surface area contributed by atoms with E-state index in [2.05, 4.69) is 107 Å². The van der Waals surface area contributed by atoms with Gasteiger partial charge in [-0.3, -0.25) is 0 Å². The summed E-state index contributed by atoms with van der Waals surface area (Å²) in [7, 11) is 0.835. The van der Waals surface area contributed by atoms with E-state index in [0.717, 1.165) is 0 Å². The predicted molar refractivity (Wildman–Crippen MR) is 159 cm³/mol. The average Bonchev–Trinajstić information content (AvgIpc) is 2.72. The standard InChI is InChI=1S/C31H50OP2/c1-17(2)23-13-25(19(5)6)29(26(14-23)20(7)8)33-31(32)34-30-27(21(9)10)15-24(18(3)4)16-28(30)22(11)12/h13-22,31-34H,1-12H3. The summed E-state index contributed by atoms with van der Waals surface area (Å²) in [4.78, 5) is 0. The number of hydrogen-bond acceptors (Lipinski definition) is 1. The minimum absolute atomic E-state index is 0.334. The highest BCUT2D eigenvalue weighted by Gasteiger charge is 2.23. The third kappa shape index (κ3) is 7.15. The lowest BCUT2D eigenvalue weighted by Crippen LogP contribution is -2.20. The van der Waals surface area contributed by atoms with Crippen molar-refractivity contribution in [2.45, 2.75) is 124 Å². The number of aliphatic hydroxyl groups excluding tert-OH is 1. The maximum Gasteiger partial charge on any atom is 0.0943 e. The van der Waals surface area contributed by atoms with Crippen LogP contribution >= 0.6 is 17.2 Å². The highest BCUT2D eigenvalue weighted by molar-refractivity contribution is 7.65. The second-order valence-corrected chi connectivity index (χ2v) is 15.0. The molecule has 0 aliphatic rings. The molecule has 0 amide bonds. The fourth-order valence-corrected chi connectivity index (χ4v) is 8.37. The van der Waals surface area contributed by atoms with Gasteiger partial charge in [-0.2, -0.15) is 0 Å². The smallest absolute Gasteiger partial charge is 0.0943 e. The van der Waals surface area contributed by atoms with Gasteiger partial charge in [-0.1, -0.05) is 125 Å². The van der Waals surface area contributed by atoms with Crippen molar-refractivity contribution in [3.8, 4) is 0 Å². The molecule has 0 saturated carbocycles. The van der Waals surface area contributed by atoms with Crippen molar-refractivity contribution in [1.29, 1.82) is 0 Å². The molecule has 0 spiro atoms. The fraction of sp³-hybridized carbons (Fsp3) is 0.613. The van der Waals surface area contributed by atoms with E-state index in [-0.39, 0.29) is 5.59 Å². The highest BCUT2D eigenvalue weighted by Crippen LogP contribution is 2.40. The topological polar surface area (TPSA) is 20.2 Å². The van der Waals surface area contributed by atoms with E-state index in [1.165, 1.54) is 44.0 Å². The molecule has 2 rings (SSSR count). The van der Waals surface area contributed by atoms with E-state index in [1.54, 1.807) is 0 Å². The second kappa shape index (κ2) is 12.5. The van der Waals surface area contributed by atoms with E-state index in [0.29, 0.717) is 52.7 Å². The van der Waals surface area contributed by atoms with Crippen LogP contribution in [0.2, 0.25) is 0 Å². The summed E-state index contributed by atoms with van der Waals surface area (Å²) in [5, 5.41) is 14.4. The molecule has 0 aliphatic carbocycles. The molecule has 2 aromatic carbocycles. The van der Waals surface area contributed by atoms with Crippen molar-refractivity contribution < 1.29 is 5.11 Å². The van der Waals surface area contributed by atoms with Crippen molar-refractivity contribution in [3.63, 3.8) is 0 Å². The van der Waals surface area contributed by atoms with Crippen LogP contribution in [0.15, 0.2) is 24.3 Å². The van der Waals surface area contributed by atoms with Gasteiger partial charge in [0.1, 0.15) is 0 Å². The van der Waals surface area contributed by atoms with E-state index >= 15 is 0 Å². The van der Waals surface area contributed by atoms with Crippen LogP contribution in [0.4, 0.5) is 0 Å². The Bertz CT molecular complexity index is 818. The molecule has 0 saturated heterocycles. The highest BCUT2D eigenvalue weighted by atomic mass is 31.1. The van der Waals surface area contributed by atoms with Crippen molar-refractivity contribution >= 4 is 27.8 Å². The molecule has 34 heavy (non-hydrogen) atoms. The lowest BCUT2D eigenvalue weighted by Gasteiger charge is -2.27. The molecule has 0 fully saturated rings. The predicted octanol–water partition coefficient (Wildman–Crippen LogP) is 9.01. The van der Waals surface area contributed by atoms with Crippen LogP contribution in [-0.2, 0) is 0 Å². The zero-order valence-electron chi connectivity index (χ0n) is 23.8. The van der Waals surface area contributed by atoms with Crippen LogP contribution in [0.1, 0.15) is 152 Å². The second-order valence-electron chi connectivity index (χ2n) is 11.8. The lowest BCUT2D eigenvalue weighted by atomic mass is 9.89. The minimum Gasteiger partial charge on any atom is -0.384 e. The van der Waals surface area contributed by atoms with Crippen molar-refractivity contribution in [3.05, 3.63) is 57.6 Å². The summed E-state index contributed by atoms with van der Waals surface area (Å²) in [6, 6.07) is 9.65. The first kappa shape index (κ1) is 29.5. The molecular formula is C31H50OP2. The van der Waals surface area contributed by atoms with Gasteiger partial charge in [-0.15, -0.1) is 0 Å². The third-order valence-electron chi connectivity index (χ3n) is 6.83. The van der Waals surface area contributed by atoms with Crippen LogP contribution < -0.4 is 10.6 Å².